The van der Waals surface area contributed by atoms with Crippen LogP contribution in [0, 0.1) is 0 Å². The van der Waals surface area contributed by atoms with Crippen LogP contribution in [0.25, 0.3) is 0 Å². The Bertz CT molecular complexity index is 819. The second-order valence-corrected chi connectivity index (χ2v) is 7.53. The maximum atomic E-state index is 13.0. The van der Waals surface area contributed by atoms with Gasteiger partial charge in [0.25, 0.3) is 0 Å². The van der Waals surface area contributed by atoms with E-state index in [1.54, 1.807) is 30.6 Å². The SMILES string of the molecule is CC(=O)c1cccc(S(=O)(=O)N2CCCC2c2cccnc2)c1. The minimum absolute atomic E-state index is 0.146. The average molecular weight is 330 g/mol. The molecule has 1 aliphatic heterocycles. The van der Waals surface area contributed by atoms with E-state index in [1.807, 2.05) is 12.1 Å². The molecular weight excluding hydrogens is 312 g/mol. The monoisotopic (exact) mass is 330 g/mol. The van der Waals surface area contributed by atoms with Gasteiger partial charge in [0.15, 0.2) is 5.78 Å². The molecule has 0 aliphatic carbocycles. The largest absolute Gasteiger partial charge is 0.295 e. The highest BCUT2D eigenvalue weighted by atomic mass is 32.2. The van der Waals surface area contributed by atoms with Crippen LogP contribution in [0.3, 0.4) is 0 Å². The van der Waals surface area contributed by atoms with Gasteiger partial charge in [0, 0.05) is 24.5 Å². The summed E-state index contributed by atoms with van der Waals surface area (Å²) in [7, 11) is -3.64. The Morgan fingerprint density at radius 1 is 1.26 bits per heavy atom. The number of aromatic nitrogens is 1. The summed E-state index contributed by atoms with van der Waals surface area (Å²) in [6.07, 6.45) is 4.97. The summed E-state index contributed by atoms with van der Waals surface area (Å²) in [5, 5.41) is 0. The second-order valence-electron chi connectivity index (χ2n) is 5.64. The van der Waals surface area contributed by atoms with Crippen molar-refractivity contribution in [2.75, 3.05) is 6.54 Å². The smallest absolute Gasteiger partial charge is 0.243 e. The number of hydrogen-bond acceptors (Lipinski definition) is 4. The van der Waals surface area contributed by atoms with Crippen molar-refractivity contribution in [2.45, 2.75) is 30.7 Å². The van der Waals surface area contributed by atoms with E-state index in [-0.39, 0.29) is 16.7 Å². The van der Waals surface area contributed by atoms with Crippen LogP contribution >= 0.6 is 0 Å². The molecule has 2 aromatic rings. The zero-order chi connectivity index (χ0) is 16.4. The molecule has 0 saturated carbocycles. The van der Waals surface area contributed by atoms with Crippen molar-refractivity contribution in [2.24, 2.45) is 0 Å². The number of rotatable bonds is 4. The minimum Gasteiger partial charge on any atom is -0.295 e. The first-order valence-electron chi connectivity index (χ1n) is 7.53. The number of carbonyl (C=O) groups excluding carboxylic acids is 1. The van der Waals surface area contributed by atoms with E-state index in [1.165, 1.54) is 17.3 Å². The van der Waals surface area contributed by atoms with Gasteiger partial charge in [-0.15, -0.1) is 0 Å². The van der Waals surface area contributed by atoms with E-state index in [0.717, 1.165) is 18.4 Å². The molecule has 1 saturated heterocycles. The fourth-order valence-corrected chi connectivity index (χ4v) is 4.67. The lowest BCUT2D eigenvalue weighted by molar-refractivity contribution is 0.101. The Balaban J connectivity index is 1.99. The van der Waals surface area contributed by atoms with Crippen molar-refractivity contribution in [1.29, 1.82) is 0 Å². The lowest BCUT2D eigenvalue weighted by Crippen LogP contribution is -2.30. The van der Waals surface area contributed by atoms with Gasteiger partial charge in [0.05, 0.1) is 10.9 Å². The molecule has 6 heteroatoms. The Kier molecular flexibility index (Phi) is 4.28. The predicted molar refractivity (Wildman–Crippen MR) is 86.6 cm³/mol. The topological polar surface area (TPSA) is 67.3 Å². The molecule has 0 radical (unpaired) electrons. The van der Waals surface area contributed by atoms with Gasteiger partial charge >= 0.3 is 0 Å². The highest BCUT2D eigenvalue weighted by Gasteiger charge is 2.36. The van der Waals surface area contributed by atoms with Gasteiger partial charge in [-0.1, -0.05) is 18.2 Å². The van der Waals surface area contributed by atoms with Crippen molar-refractivity contribution in [1.82, 2.24) is 9.29 Å². The van der Waals surface area contributed by atoms with Crippen molar-refractivity contribution < 1.29 is 13.2 Å². The third-order valence-corrected chi connectivity index (χ3v) is 6.02. The van der Waals surface area contributed by atoms with Crippen LogP contribution < -0.4 is 0 Å². The third kappa shape index (κ3) is 3.04. The Hall–Kier alpha value is -2.05. The van der Waals surface area contributed by atoms with Crippen molar-refractivity contribution in [3.8, 4) is 0 Å². The maximum Gasteiger partial charge on any atom is 0.243 e. The zero-order valence-corrected chi connectivity index (χ0v) is 13.7. The van der Waals surface area contributed by atoms with E-state index in [2.05, 4.69) is 4.98 Å². The standard InChI is InChI=1S/C17H18N2O3S/c1-13(20)14-5-2-7-16(11-14)23(21,22)19-10-4-8-17(19)15-6-3-9-18-12-15/h2-3,5-7,9,11-12,17H,4,8,10H2,1H3. The van der Waals surface area contributed by atoms with Crippen LogP contribution in [-0.4, -0.2) is 30.0 Å². The number of ketones is 1. The normalized spacial score (nSPS) is 18.9. The number of nitrogens with zero attached hydrogens (tertiary/aromatic N) is 2. The van der Waals surface area contributed by atoms with Crippen LogP contribution in [0.15, 0.2) is 53.7 Å². The molecule has 0 amide bonds. The molecule has 5 nitrogen and oxygen atoms in total. The minimum atomic E-state index is -3.64. The summed E-state index contributed by atoms with van der Waals surface area (Å²) < 4.78 is 27.5. The van der Waals surface area contributed by atoms with E-state index in [4.69, 9.17) is 0 Å². The fourth-order valence-electron chi connectivity index (χ4n) is 2.94. The molecule has 0 N–H and O–H groups in total. The molecule has 120 valence electrons. The second kappa shape index (κ2) is 6.22. The maximum absolute atomic E-state index is 13.0. The zero-order valence-electron chi connectivity index (χ0n) is 12.8. The molecule has 0 bridgehead atoms. The third-order valence-electron chi connectivity index (χ3n) is 4.12. The fraction of sp³-hybridized carbons (Fsp3) is 0.294. The number of pyridine rings is 1. The lowest BCUT2D eigenvalue weighted by Gasteiger charge is -2.24. The van der Waals surface area contributed by atoms with Gasteiger partial charge in [0.1, 0.15) is 0 Å². The van der Waals surface area contributed by atoms with E-state index in [9.17, 15) is 13.2 Å². The highest BCUT2D eigenvalue weighted by Crippen LogP contribution is 2.36. The van der Waals surface area contributed by atoms with Gasteiger partial charge < -0.3 is 0 Å². The van der Waals surface area contributed by atoms with Crippen LogP contribution in [0.5, 0.6) is 0 Å². The summed E-state index contributed by atoms with van der Waals surface area (Å²) >= 11 is 0. The highest BCUT2D eigenvalue weighted by molar-refractivity contribution is 7.89. The molecule has 1 aromatic heterocycles. The molecule has 3 rings (SSSR count). The van der Waals surface area contributed by atoms with E-state index >= 15 is 0 Å². The molecule has 2 heterocycles. The average Bonchev–Trinajstić information content (AvgIpc) is 3.06. The number of Topliss-reactive ketones (excluding diaryl/α,β-unsaturated/α-hetero) is 1. The van der Waals surface area contributed by atoms with Crippen LogP contribution in [0.1, 0.15) is 41.7 Å². The molecule has 1 aromatic carbocycles. The first-order chi connectivity index (χ1) is 11.0. The van der Waals surface area contributed by atoms with Crippen molar-refractivity contribution >= 4 is 15.8 Å². The first kappa shape index (κ1) is 15.8. The van der Waals surface area contributed by atoms with Crippen LogP contribution in [-0.2, 0) is 10.0 Å². The van der Waals surface area contributed by atoms with E-state index in [0.29, 0.717) is 12.1 Å². The van der Waals surface area contributed by atoms with Gasteiger partial charge in [-0.2, -0.15) is 4.31 Å². The lowest BCUT2D eigenvalue weighted by atomic mass is 10.1. The van der Waals surface area contributed by atoms with Gasteiger partial charge in [0.2, 0.25) is 10.0 Å². The number of benzene rings is 1. The van der Waals surface area contributed by atoms with Gasteiger partial charge in [-0.05, 0) is 43.5 Å². The van der Waals surface area contributed by atoms with Crippen molar-refractivity contribution in [3.63, 3.8) is 0 Å². The molecule has 1 aliphatic rings. The summed E-state index contributed by atoms with van der Waals surface area (Å²) in [4.78, 5) is 15.8. The number of carbonyl (C=O) groups is 1. The van der Waals surface area contributed by atoms with Crippen LogP contribution in [0.2, 0.25) is 0 Å². The molecule has 1 atom stereocenters. The summed E-state index contributed by atoms with van der Waals surface area (Å²) in [5.41, 5.74) is 1.31. The number of sulfonamides is 1. The predicted octanol–water partition coefficient (Wildman–Crippen LogP) is 2.81. The van der Waals surface area contributed by atoms with Gasteiger partial charge in [-0.3, -0.25) is 9.78 Å². The van der Waals surface area contributed by atoms with Crippen molar-refractivity contribution in [3.05, 3.63) is 59.9 Å². The molecule has 23 heavy (non-hydrogen) atoms. The molecule has 1 fully saturated rings. The number of hydrogen-bond donors (Lipinski definition) is 0. The molecule has 1 unspecified atom stereocenters. The molecular formula is C17H18N2O3S. The summed E-state index contributed by atoms with van der Waals surface area (Å²) in [5.74, 6) is -0.146. The first-order valence-corrected chi connectivity index (χ1v) is 8.97. The Labute approximate surface area is 136 Å². The quantitative estimate of drug-likeness (QED) is 0.809. The Morgan fingerprint density at radius 2 is 2.09 bits per heavy atom. The van der Waals surface area contributed by atoms with E-state index < -0.39 is 10.0 Å². The summed E-state index contributed by atoms with van der Waals surface area (Å²) in [6, 6.07) is 9.75. The van der Waals surface area contributed by atoms with Gasteiger partial charge in [-0.25, -0.2) is 8.42 Å². The Morgan fingerprint density at radius 3 is 2.78 bits per heavy atom. The summed E-state index contributed by atoms with van der Waals surface area (Å²) in [6.45, 7) is 1.91. The van der Waals surface area contributed by atoms with Crippen LogP contribution in [0.4, 0.5) is 0 Å². The molecule has 0 spiro atoms.